The smallest absolute Gasteiger partial charge is 0.316 e. The fourth-order valence-electron chi connectivity index (χ4n) is 10.7. The number of esters is 2. The number of ketones is 3. The summed E-state index contributed by atoms with van der Waals surface area (Å²) in [6, 6.07) is 0. The first kappa shape index (κ1) is 61.6. The monoisotopic (exact) mass is 1030 g/mol. The molecule has 0 radical (unpaired) electrons. The molecule has 0 aromatic carbocycles. The van der Waals surface area contributed by atoms with Crippen molar-refractivity contribution in [3.63, 3.8) is 0 Å². The molecule has 4 N–H and O–H groups in total. The molecule has 4 aliphatic rings. The molecule has 73 heavy (non-hydrogen) atoms. The molecule has 1 amide bonds. The largest absolute Gasteiger partial charge is 0.461 e. The molecule has 1 saturated carbocycles. The highest BCUT2D eigenvalue weighted by molar-refractivity contribution is 6.38. The third-order valence-electron chi connectivity index (χ3n) is 15.9. The molecule has 2 saturated heterocycles. The first-order valence-corrected chi connectivity index (χ1v) is 26.4. The van der Waals surface area contributed by atoms with Crippen molar-refractivity contribution in [1.29, 1.82) is 0 Å². The molecule has 0 aromatic heterocycles. The molecule has 1 aliphatic carbocycles. The Morgan fingerprint density at radius 2 is 1.58 bits per heavy atom. The Bertz CT molecular complexity index is 2010. The molecule has 0 aromatic rings. The maximum Gasteiger partial charge on any atom is 0.316 e. The Hall–Kier alpha value is -3.94. The van der Waals surface area contributed by atoms with E-state index in [0.717, 1.165) is 5.57 Å². The Labute approximate surface area is 433 Å². The van der Waals surface area contributed by atoms with E-state index in [4.69, 9.17) is 28.4 Å². The highest BCUT2D eigenvalue weighted by Crippen LogP contribution is 2.38. The van der Waals surface area contributed by atoms with Crippen LogP contribution >= 0.6 is 0 Å². The van der Waals surface area contributed by atoms with Gasteiger partial charge in [0.05, 0.1) is 37.4 Å². The number of aliphatic hydroxyl groups excluding tert-OH is 3. The van der Waals surface area contributed by atoms with Gasteiger partial charge >= 0.3 is 11.9 Å². The van der Waals surface area contributed by atoms with Crippen LogP contribution in [0.2, 0.25) is 0 Å². The van der Waals surface area contributed by atoms with Gasteiger partial charge in [-0.3, -0.25) is 28.8 Å². The number of fused-ring (bicyclic) bond motifs is 4. The molecule has 3 heterocycles. The van der Waals surface area contributed by atoms with Crippen LogP contribution in [-0.4, -0.2) is 157 Å². The fourth-order valence-corrected chi connectivity index (χ4v) is 10.7. The highest BCUT2D eigenvalue weighted by atomic mass is 16.6. The molecule has 4 rings (SSSR count). The molecule has 4 bridgehead atoms. The van der Waals surface area contributed by atoms with Crippen molar-refractivity contribution in [2.24, 2.45) is 46.8 Å². The predicted molar refractivity (Wildman–Crippen MR) is 271 cm³/mol. The van der Waals surface area contributed by atoms with Gasteiger partial charge in [-0.25, -0.2) is 0 Å². The molecule has 1 unspecified atom stereocenters. The van der Waals surface area contributed by atoms with Gasteiger partial charge in [0, 0.05) is 65.0 Å². The summed E-state index contributed by atoms with van der Waals surface area (Å²) in [7, 11) is 4.45. The van der Waals surface area contributed by atoms with Crippen LogP contribution in [0, 0.1) is 46.8 Å². The molecule has 17 nitrogen and oxygen atoms in total. The zero-order valence-corrected chi connectivity index (χ0v) is 45.3. The number of Topliss-reactive ketones (excluding diaryl/α,β-unsaturated/α-hetero) is 3. The summed E-state index contributed by atoms with van der Waals surface area (Å²) < 4.78 is 35.4. The maximum atomic E-state index is 14.3. The van der Waals surface area contributed by atoms with E-state index < -0.39 is 120 Å². The Morgan fingerprint density at radius 3 is 2.22 bits per heavy atom. The number of carbonyl (C=O) groups excluding carboxylic acids is 6. The van der Waals surface area contributed by atoms with Gasteiger partial charge in [0.1, 0.15) is 35.6 Å². The third kappa shape index (κ3) is 16.3. The number of nitrogens with zero attached hydrogens (tertiary/aromatic N) is 1. The maximum absolute atomic E-state index is 14.3. The van der Waals surface area contributed by atoms with Crippen molar-refractivity contribution in [1.82, 2.24) is 4.90 Å². The number of methoxy groups -OCH3 is 3. The molecule has 3 fully saturated rings. The van der Waals surface area contributed by atoms with Gasteiger partial charge in [0.2, 0.25) is 5.79 Å². The van der Waals surface area contributed by atoms with E-state index >= 15 is 0 Å². The topological polar surface area (TPSA) is 242 Å². The lowest BCUT2D eigenvalue weighted by atomic mass is 9.78. The summed E-state index contributed by atoms with van der Waals surface area (Å²) in [5, 5.41) is 42.9. The quantitative estimate of drug-likeness (QED) is 0.119. The average molecular weight is 1030 g/mol. The number of ether oxygens (including phenoxy) is 6. The first-order valence-electron chi connectivity index (χ1n) is 26.4. The minimum Gasteiger partial charge on any atom is -0.461 e. The van der Waals surface area contributed by atoms with Crippen LogP contribution < -0.4 is 0 Å². The van der Waals surface area contributed by atoms with Crippen molar-refractivity contribution >= 4 is 35.2 Å². The lowest BCUT2D eigenvalue weighted by Crippen LogP contribution is -2.59. The Morgan fingerprint density at radius 1 is 0.877 bits per heavy atom. The van der Waals surface area contributed by atoms with Gasteiger partial charge in [-0.05, 0) is 107 Å². The second-order valence-electron chi connectivity index (χ2n) is 21.9. The van der Waals surface area contributed by atoms with Crippen LogP contribution in [-0.2, 0) is 57.2 Å². The Balaban J connectivity index is 1.65. The van der Waals surface area contributed by atoms with Crippen LogP contribution in [0.25, 0.3) is 0 Å². The lowest BCUT2D eigenvalue weighted by Gasteiger charge is -2.42. The van der Waals surface area contributed by atoms with Crippen molar-refractivity contribution in [2.45, 2.75) is 175 Å². The zero-order valence-electron chi connectivity index (χ0n) is 45.3. The van der Waals surface area contributed by atoms with E-state index in [0.29, 0.717) is 69.8 Å². The summed E-state index contributed by atoms with van der Waals surface area (Å²) in [5.41, 5.74) is -0.243. The summed E-state index contributed by atoms with van der Waals surface area (Å²) in [6.45, 7) is 12.8. The van der Waals surface area contributed by atoms with E-state index in [1.54, 1.807) is 40.9 Å². The molecular formula is C56H87NO16. The van der Waals surface area contributed by atoms with Crippen molar-refractivity contribution in [3.05, 3.63) is 47.6 Å². The van der Waals surface area contributed by atoms with Crippen LogP contribution in [0.5, 0.6) is 0 Å². The van der Waals surface area contributed by atoms with Gasteiger partial charge in [-0.15, -0.1) is 0 Å². The minimum atomic E-state index is -2.40. The number of piperidine rings is 1. The van der Waals surface area contributed by atoms with Crippen LogP contribution in [0.1, 0.15) is 126 Å². The zero-order chi connectivity index (χ0) is 54.4. The van der Waals surface area contributed by atoms with Crippen molar-refractivity contribution in [3.8, 4) is 0 Å². The number of hydrogen-bond acceptors (Lipinski definition) is 16. The average Bonchev–Trinajstić information content (AvgIpc) is 3.37. The summed E-state index contributed by atoms with van der Waals surface area (Å²) in [6.07, 6.45) is 9.70. The number of carbonyl (C=O) groups is 6. The molecule has 412 valence electrons. The van der Waals surface area contributed by atoms with Gasteiger partial charge in [0.25, 0.3) is 11.7 Å². The summed E-state index contributed by atoms with van der Waals surface area (Å²) >= 11 is 0. The van der Waals surface area contributed by atoms with Gasteiger partial charge in [-0.2, -0.15) is 0 Å². The van der Waals surface area contributed by atoms with Crippen LogP contribution in [0.15, 0.2) is 47.6 Å². The standard InChI is InChI=1S/C56H87NO16/c1-33-16-13-12-14-17-34(2)45(68-9)28-42-21-19-39(7)56(67,73-42)51(63)52(64)57-23-15-18-41(30-57)53(65)71-46(29-43(60)35(3)25-38(6)49(62)50(70-11)48(61)37(5)24-33)36(4)26-40-20-22-44(47(27-40)69-10)72-54(66)55(8,31-58)32-59/h12-14,16-17,25,33,35-37,39-42,44-47,49-50,58-59,62,67H,15,18-24,26-32H2,1-11H3/b14-12+,16-13+,34-17?,38-25+/t33-,35-,36-,37-,39-,40+,41?,42+,44-,45+,46+,47-,49-,50+,56-/m1/s1. The number of allylic oxidation sites excluding steroid dienone is 6. The van der Waals surface area contributed by atoms with Crippen molar-refractivity contribution < 1.29 is 77.6 Å². The molecular weight excluding hydrogens is 943 g/mol. The van der Waals surface area contributed by atoms with E-state index in [2.05, 4.69) is 0 Å². The normalized spacial score (nSPS) is 36.7. The van der Waals surface area contributed by atoms with Crippen LogP contribution in [0.3, 0.4) is 0 Å². The second kappa shape index (κ2) is 28.3. The summed E-state index contributed by atoms with van der Waals surface area (Å²) in [5.74, 6) is -9.61. The fraction of sp³-hybridized carbons (Fsp3) is 0.750. The molecule has 0 spiro atoms. The number of rotatable bonds is 10. The minimum absolute atomic E-state index is 0.00704. The van der Waals surface area contributed by atoms with E-state index in [-0.39, 0.29) is 42.9 Å². The molecule has 15 atom stereocenters. The van der Waals surface area contributed by atoms with Gasteiger partial charge in [-0.1, -0.05) is 71.1 Å². The number of aliphatic hydroxyl groups is 4. The third-order valence-corrected chi connectivity index (χ3v) is 15.9. The number of amides is 1. The highest BCUT2D eigenvalue weighted by Gasteiger charge is 2.52. The molecule has 17 heteroatoms. The SMILES string of the molecule is CO[C@H]1C[C@@H]2CC[C@@H](C)[C@@](O)(O2)C(=O)C(=O)N2CCCC(C2)C(=O)O[C@H]([C@H](C)C[C@@H]2CC[C@@H](OC(=O)C(C)(CO)CO)[C@H](OC)C2)CC(=O)[C@H](C)/C=C(\C)[C@@H](O)[C@@H](OC)C(=O)[C@H](C)C[C@H](C)/C=C/C=C/C=C1C. The first-order chi connectivity index (χ1) is 34.5. The van der Waals surface area contributed by atoms with Gasteiger partial charge in [0.15, 0.2) is 5.78 Å². The van der Waals surface area contributed by atoms with Crippen LogP contribution in [0.4, 0.5) is 0 Å². The van der Waals surface area contributed by atoms with E-state index in [1.807, 2.05) is 51.2 Å². The van der Waals surface area contributed by atoms with E-state index in [1.165, 1.54) is 26.0 Å². The predicted octanol–water partition coefficient (Wildman–Crippen LogP) is 5.58. The number of hydrogen-bond donors (Lipinski definition) is 4. The Kier molecular flexibility index (Phi) is 23.9. The second-order valence-corrected chi connectivity index (χ2v) is 21.9. The lowest BCUT2D eigenvalue weighted by molar-refractivity contribution is -0.265. The number of cyclic esters (lactones) is 1. The van der Waals surface area contributed by atoms with E-state index in [9.17, 15) is 49.2 Å². The summed E-state index contributed by atoms with van der Waals surface area (Å²) in [4.78, 5) is 84.6. The van der Waals surface area contributed by atoms with Crippen molar-refractivity contribution in [2.75, 3.05) is 47.6 Å². The molecule has 3 aliphatic heterocycles. The van der Waals surface area contributed by atoms with Gasteiger partial charge < -0.3 is 53.7 Å².